The Kier molecular flexibility index (Phi) is 2.46. The Morgan fingerprint density at radius 3 is 2.91 bits per heavy atom. The van der Waals surface area contributed by atoms with Gasteiger partial charge >= 0.3 is 11.9 Å². The molecular formula is C7H10O4. The number of ether oxygens (including phenoxy) is 2. The van der Waals surface area contributed by atoms with Crippen LogP contribution >= 0.6 is 0 Å². The van der Waals surface area contributed by atoms with Gasteiger partial charge in [0.1, 0.15) is 6.61 Å². The first kappa shape index (κ1) is 8.04. The van der Waals surface area contributed by atoms with Crippen molar-refractivity contribution in [2.45, 2.75) is 12.8 Å². The van der Waals surface area contributed by atoms with Crippen LogP contribution in [0.3, 0.4) is 0 Å². The van der Waals surface area contributed by atoms with Crippen LogP contribution in [0.2, 0.25) is 0 Å². The second-order valence-corrected chi connectivity index (χ2v) is 2.44. The number of cyclic esters (lactones) is 1. The topological polar surface area (TPSA) is 52.6 Å². The van der Waals surface area contributed by atoms with Crippen LogP contribution in [0.1, 0.15) is 12.8 Å². The Hall–Kier alpha value is -1.06. The third-order valence-electron chi connectivity index (χ3n) is 1.68. The van der Waals surface area contributed by atoms with Gasteiger partial charge in [0.2, 0.25) is 0 Å². The molecule has 0 aromatic heterocycles. The summed E-state index contributed by atoms with van der Waals surface area (Å²) < 4.78 is 9.17. The van der Waals surface area contributed by atoms with Crippen molar-refractivity contribution in [3.05, 3.63) is 0 Å². The molecule has 4 nitrogen and oxygen atoms in total. The molecule has 0 aliphatic carbocycles. The van der Waals surface area contributed by atoms with Gasteiger partial charge in [-0.15, -0.1) is 0 Å². The molecule has 0 N–H and O–H groups in total. The van der Waals surface area contributed by atoms with Crippen LogP contribution in [0.15, 0.2) is 0 Å². The summed E-state index contributed by atoms with van der Waals surface area (Å²) in [6.45, 7) is 0.172. The molecule has 0 saturated carbocycles. The molecule has 1 aliphatic rings. The lowest BCUT2D eigenvalue weighted by Crippen LogP contribution is -2.28. The summed E-state index contributed by atoms with van der Waals surface area (Å²) in [6.07, 6.45) is 0.866. The van der Waals surface area contributed by atoms with E-state index in [2.05, 4.69) is 9.47 Å². The minimum Gasteiger partial charge on any atom is -0.469 e. The Morgan fingerprint density at radius 1 is 1.73 bits per heavy atom. The fraction of sp³-hybridized carbons (Fsp3) is 0.714. The van der Waals surface area contributed by atoms with Gasteiger partial charge in [-0.3, -0.25) is 9.59 Å². The van der Waals surface area contributed by atoms with Gasteiger partial charge in [0.25, 0.3) is 0 Å². The highest BCUT2D eigenvalue weighted by Crippen LogP contribution is 2.15. The number of hydrogen-bond acceptors (Lipinski definition) is 4. The van der Waals surface area contributed by atoms with Gasteiger partial charge in [0.15, 0.2) is 0 Å². The molecule has 1 aliphatic heterocycles. The summed E-state index contributed by atoms with van der Waals surface area (Å²) in [6, 6.07) is 0. The van der Waals surface area contributed by atoms with Gasteiger partial charge in [-0.1, -0.05) is 0 Å². The van der Waals surface area contributed by atoms with E-state index in [0.29, 0.717) is 12.8 Å². The number of carbonyl (C=O) groups excluding carboxylic acids is 2. The number of esters is 2. The Balaban J connectivity index is 2.39. The van der Waals surface area contributed by atoms with Gasteiger partial charge in [-0.25, -0.2) is 0 Å². The third kappa shape index (κ3) is 1.93. The number of rotatable bonds is 1. The van der Waals surface area contributed by atoms with Crippen LogP contribution in [0, 0.1) is 5.92 Å². The molecule has 1 heterocycles. The van der Waals surface area contributed by atoms with Crippen LogP contribution in [-0.2, 0) is 19.1 Å². The van der Waals surface area contributed by atoms with Crippen LogP contribution in [0.5, 0.6) is 0 Å². The van der Waals surface area contributed by atoms with Crippen molar-refractivity contribution in [3.8, 4) is 0 Å². The van der Waals surface area contributed by atoms with Gasteiger partial charge < -0.3 is 9.47 Å². The van der Waals surface area contributed by atoms with E-state index in [1.807, 2.05) is 0 Å². The SMILES string of the molecule is COC(=O)C1CCC(=O)OC1. The third-order valence-corrected chi connectivity index (χ3v) is 1.68. The predicted octanol–water partition coefficient (Wildman–Crippen LogP) is 0.113. The van der Waals surface area contributed by atoms with Gasteiger partial charge in [-0.05, 0) is 6.42 Å². The zero-order valence-electron chi connectivity index (χ0n) is 6.33. The van der Waals surface area contributed by atoms with E-state index in [1.165, 1.54) is 7.11 Å². The van der Waals surface area contributed by atoms with Crippen LogP contribution in [0.4, 0.5) is 0 Å². The van der Waals surface area contributed by atoms with Crippen molar-refractivity contribution in [1.82, 2.24) is 0 Å². The minimum atomic E-state index is -0.294. The van der Waals surface area contributed by atoms with Crippen molar-refractivity contribution >= 4 is 11.9 Å². The fourth-order valence-electron chi connectivity index (χ4n) is 0.994. The first-order chi connectivity index (χ1) is 5.24. The van der Waals surface area contributed by atoms with Crippen molar-refractivity contribution in [3.63, 3.8) is 0 Å². The monoisotopic (exact) mass is 158 g/mol. The molecule has 1 atom stereocenters. The molecule has 62 valence electrons. The molecule has 0 amide bonds. The van der Waals surface area contributed by atoms with Gasteiger partial charge in [-0.2, -0.15) is 0 Å². The van der Waals surface area contributed by atoms with E-state index < -0.39 is 0 Å². The molecule has 0 bridgehead atoms. The maximum atomic E-state index is 10.9. The standard InChI is InChI=1S/C7H10O4/c1-10-7(9)5-2-3-6(8)11-4-5/h5H,2-4H2,1H3. The highest BCUT2D eigenvalue weighted by atomic mass is 16.5. The maximum absolute atomic E-state index is 10.9. The highest BCUT2D eigenvalue weighted by Gasteiger charge is 2.26. The molecule has 1 fully saturated rings. The zero-order valence-corrected chi connectivity index (χ0v) is 6.33. The van der Waals surface area contributed by atoms with E-state index in [1.54, 1.807) is 0 Å². The second kappa shape index (κ2) is 3.37. The summed E-state index contributed by atoms with van der Waals surface area (Å²) in [7, 11) is 1.33. The molecule has 11 heavy (non-hydrogen) atoms. The molecule has 1 saturated heterocycles. The van der Waals surface area contributed by atoms with Gasteiger partial charge in [0, 0.05) is 6.42 Å². The highest BCUT2D eigenvalue weighted by molar-refractivity contribution is 5.76. The Labute approximate surface area is 64.5 Å². The minimum absolute atomic E-state index is 0.172. The fourth-order valence-corrected chi connectivity index (χ4v) is 0.994. The predicted molar refractivity (Wildman–Crippen MR) is 35.7 cm³/mol. The lowest BCUT2D eigenvalue weighted by Gasteiger charge is -2.18. The molecular weight excluding hydrogens is 148 g/mol. The number of hydrogen-bond donors (Lipinski definition) is 0. The van der Waals surface area contributed by atoms with Crippen molar-refractivity contribution < 1.29 is 19.1 Å². The maximum Gasteiger partial charge on any atom is 0.312 e. The lowest BCUT2D eigenvalue weighted by molar-refractivity contribution is -0.158. The van der Waals surface area contributed by atoms with E-state index >= 15 is 0 Å². The average Bonchev–Trinajstić information content (AvgIpc) is 2.05. The normalized spacial score (nSPS) is 24.1. The second-order valence-electron chi connectivity index (χ2n) is 2.44. The summed E-state index contributed by atoms with van der Waals surface area (Å²) >= 11 is 0. The summed E-state index contributed by atoms with van der Waals surface area (Å²) in [5.74, 6) is -0.777. The van der Waals surface area contributed by atoms with Crippen LogP contribution in [0.25, 0.3) is 0 Å². The van der Waals surface area contributed by atoms with E-state index in [9.17, 15) is 9.59 Å². The lowest BCUT2D eigenvalue weighted by atomic mass is 10.0. The van der Waals surface area contributed by atoms with Crippen molar-refractivity contribution in [2.75, 3.05) is 13.7 Å². The molecule has 1 rings (SSSR count). The quantitative estimate of drug-likeness (QED) is 0.508. The Morgan fingerprint density at radius 2 is 2.45 bits per heavy atom. The molecule has 4 heteroatoms. The molecule has 0 aromatic rings. The van der Waals surface area contributed by atoms with E-state index in [4.69, 9.17) is 0 Å². The molecule has 0 aromatic carbocycles. The first-order valence-electron chi connectivity index (χ1n) is 3.47. The molecule has 0 radical (unpaired) electrons. The van der Waals surface area contributed by atoms with Crippen molar-refractivity contribution in [2.24, 2.45) is 5.92 Å². The Bertz CT molecular complexity index is 165. The van der Waals surface area contributed by atoms with Crippen LogP contribution < -0.4 is 0 Å². The van der Waals surface area contributed by atoms with E-state index in [0.717, 1.165) is 0 Å². The summed E-state index contributed by atoms with van der Waals surface area (Å²) in [5, 5.41) is 0. The van der Waals surface area contributed by atoms with Crippen LogP contribution in [-0.4, -0.2) is 25.7 Å². The van der Waals surface area contributed by atoms with E-state index in [-0.39, 0.29) is 24.5 Å². The van der Waals surface area contributed by atoms with Gasteiger partial charge in [0.05, 0.1) is 13.0 Å². The largest absolute Gasteiger partial charge is 0.469 e. The number of carbonyl (C=O) groups is 2. The first-order valence-corrected chi connectivity index (χ1v) is 3.47. The summed E-state index contributed by atoms with van der Waals surface area (Å²) in [5.41, 5.74) is 0. The average molecular weight is 158 g/mol. The number of methoxy groups -OCH3 is 1. The molecule has 0 spiro atoms. The smallest absolute Gasteiger partial charge is 0.312 e. The molecule has 1 unspecified atom stereocenters. The van der Waals surface area contributed by atoms with Crippen molar-refractivity contribution in [1.29, 1.82) is 0 Å². The summed E-state index contributed by atoms with van der Waals surface area (Å²) in [4.78, 5) is 21.4. The zero-order chi connectivity index (χ0) is 8.27.